The molecule has 0 bridgehead atoms. The molecule has 0 spiro atoms. The van der Waals surface area contributed by atoms with E-state index in [0.29, 0.717) is 0 Å². The van der Waals surface area contributed by atoms with Crippen molar-refractivity contribution in [3.63, 3.8) is 0 Å². The van der Waals surface area contributed by atoms with E-state index in [1.54, 1.807) is 12.4 Å². The van der Waals surface area contributed by atoms with Crippen molar-refractivity contribution in [2.24, 2.45) is 0 Å². The van der Waals surface area contributed by atoms with E-state index >= 15 is 0 Å². The minimum atomic E-state index is -1.49. The van der Waals surface area contributed by atoms with Crippen LogP contribution in [0.25, 0.3) is 11.4 Å². The van der Waals surface area contributed by atoms with Crippen LogP contribution in [-0.2, 0) is 6.42 Å². The van der Waals surface area contributed by atoms with E-state index in [-0.39, 0.29) is 11.4 Å². The first-order valence-corrected chi connectivity index (χ1v) is 5.07. The molecular formula is C12H9F3N2. The van der Waals surface area contributed by atoms with Crippen LogP contribution < -0.4 is 0 Å². The maximum Gasteiger partial charge on any atom is 0.194 e. The van der Waals surface area contributed by atoms with Gasteiger partial charge < -0.3 is 0 Å². The minimum Gasteiger partial charge on any atom is -0.236 e. The summed E-state index contributed by atoms with van der Waals surface area (Å²) in [4.78, 5) is 7.93. The molecule has 17 heavy (non-hydrogen) atoms. The predicted molar refractivity (Wildman–Crippen MR) is 56.7 cm³/mol. The lowest BCUT2D eigenvalue weighted by molar-refractivity contribution is 0.447. The SMILES string of the molecule is CCc1cnc(-c2cc(F)c(F)c(F)c2)nc1. The zero-order chi connectivity index (χ0) is 12.4. The molecule has 2 rings (SSSR count). The van der Waals surface area contributed by atoms with Gasteiger partial charge in [0.15, 0.2) is 23.3 Å². The Hall–Kier alpha value is -1.91. The molecule has 1 aromatic carbocycles. The first-order valence-electron chi connectivity index (χ1n) is 5.07. The Morgan fingerprint density at radius 2 is 1.53 bits per heavy atom. The van der Waals surface area contributed by atoms with Crippen molar-refractivity contribution in [1.82, 2.24) is 9.97 Å². The Morgan fingerprint density at radius 1 is 1.00 bits per heavy atom. The predicted octanol–water partition coefficient (Wildman–Crippen LogP) is 3.12. The molecule has 0 saturated carbocycles. The second-order valence-electron chi connectivity index (χ2n) is 3.52. The number of hydrogen-bond acceptors (Lipinski definition) is 2. The molecule has 0 fully saturated rings. The van der Waals surface area contributed by atoms with Gasteiger partial charge in [0.1, 0.15) is 0 Å². The topological polar surface area (TPSA) is 25.8 Å². The summed E-state index contributed by atoms with van der Waals surface area (Å²) < 4.78 is 38.8. The zero-order valence-electron chi connectivity index (χ0n) is 9.04. The van der Waals surface area contributed by atoms with Gasteiger partial charge in [0.2, 0.25) is 0 Å². The van der Waals surface area contributed by atoms with E-state index in [4.69, 9.17) is 0 Å². The molecular weight excluding hydrogens is 229 g/mol. The molecule has 1 heterocycles. The fraction of sp³-hybridized carbons (Fsp3) is 0.167. The Kier molecular flexibility index (Phi) is 3.08. The molecule has 0 radical (unpaired) electrons. The summed E-state index contributed by atoms with van der Waals surface area (Å²) in [6.45, 7) is 1.94. The molecule has 2 nitrogen and oxygen atoms in total. The van der Waals surface area contributed by atoms with Crippen molar-refractivity contribution >= 4 is 0 Å². The van der Waals surface area contributed by atoms with Gasteiger partial charge in [-0.05, 0) is 24.1 Å². The number of aromatic nitrogens is 2. The summed E-state index contributed by atoms with van der Waals surface area (Å²) in [7, 11) is 0. The average molecular weight is 238 g/mol. The van der Waals surface area contributed by atoms with Crippen LogP contribution in [0.15, 0.2) is 24.5 Å². The van der Waals surface area contributed by atoms with Gasteiger partial charge in [-0.15, -0.1) is 0 Å². The van der Waals surface area contributed by atoms with Crippen LogP contribution in [-0.4, -0.2) is 9.97 Å². The number of nitrogens with zero attached hydrogens (tertiary/aromatic N) is 2. The molecule has 88 valence electrons. The smallest absolute Gasteiger partial charge is 0.194 e. The molecule has 1 aromatic heterocycles. The lowest BCUT2D eigenvalue weighted by Gasteiger charge is -2.02. The number of hydrogen-bond donors (Lipinski definition) is 0. The zero-order valence-corrected chi connectivity index (χ0v) is 9.04. The molecule has 0 unspecified atom stereocenters. The van der Waals surface area contributed by atoms with E-state index in [1.807, 2.05) is 6.92 Å². The molecule has 0 saturated heterocycles. The maximum atomic E-state index is 13.0. The summed E-state index contributed by atoms with van der Waals surface area (Å²) in [6, 6.07) is 1.75. The van der Waals surface area contributed by atoms with Crippen LogP contribution in [0.3, 0.4) is 0 Å². The standard InChI is InChI=1S/C12H9F3N2/c1-2-7-5-16-12(17-6-7)8-3-9(13)11(15)10(14)4-8/h3-6H,2H2,1H3. The van der Waals surface area contributed by atoms with Gasteiger partial charge in [0, 0.05) is 18.0 Å². The van der Waals surface area contributed by atoms with Crippen molar-refractivity contribution in [1.29, 1.82) is 0 Å². The summed E-state index contributed by atoms with van der Waals surface area (Å²) >= 11 is 0. The van der Waals surface area contributed by atoms with Crippen molar-refractivity contribution in [3.05, 3.63) is 47.5 Å². The minimum absolute atomic E-state index is 0.115. The Balaban J connectivity index is 2.45. The number of halogens is 3. The third-order valence-corrected chi connectivity index (χ3v) is 2.36. The van der Waals surface area contributed by atoms with Crippen LogP contribution in [0.1, 0.15) is 12.5 Å². The molecule has 0 aliphatic heterocycles. The highest BCUT2D eigenvalue weighted by Gasteiger charge is 2.12. The summed E-state index contributed by atoms with van der Waals surface area (Å²) in [5, 5.41) is 0. The number of aryl methyl sites for hydroxylation is 1. The van der Waals surface area contributed by atoms with Crippen molar-refractivity contribution in [2.45, 2.75) is 13.3 Å². The molecule has 2 aromatic rings. The largest absolute Gasteiger partial charge is 0.236 e. The van der Waals surface area contributed by atoms with E-state index in [2.05, 4.69) is 9.97 Å². The average Bonchev–Trinajstić information content (AvgIpc) is 2.35. The van der Waals surface area contributed by atoms with Gasteiger partial charge >= 0.3 is 0 Å². The van der Waals surface area contributed by atoms with Gasteiger partial charge in [-0.2, -0.15) is 0 Å². The molecule has 0 aliphatic rings. The fourth-order valence-corrected chi connectivity index (χ4v) is 1.37. The van der Waals surface area contributed by atoms with Crippen molar-refractivity contribution in [2.75, 3.05) is 0 Å². The van der Waals surface area contributed by atoms with Gasteiger partial charge in [0.25, 0.3) is 0 Å². The highest BCUT2D eigenvalue weighted by Crippen LogP contribution is 2.20. The highest BCUT2D eigenvalue weighted by molar-refractivity contribution is 5.54. The normalized spacial score (nSPS) is 10.6. The fourth-order valence-electron chi connectivity index (χ4n) is 1.37. The third-order valence-electron chi connectivity index (χ3n) is 2.36. The monoisotopic (exact) mass is 238 g/mol. The first kappa shape index (κ1) is 11.6. The summed E-state index contributed by atoms with van der Waals surface area (Å²) in [5.74, 6) is -3.81. The van der Waals surface area contributed by atoms with E-state index in [1.165, 1.54) is 0 Å². The van der Waals surface area contributed by atoms with Gasteiger partial charge in [-0.3, -0.25) is 0 Å². The quantitative estimate of drug-likeness (QED) is 0.751. The Labute approximate surface area is 96.2 Å². The van der Waals surface area contributed by atoms with Gasteiger partial charge in [-0.1, -0.05) is 6.92 Å². The maximum absolute atomic E-state index is 13.0. The molecule has 0 aliphatic carbocycles. The Morgan fingerprint density at radius 3 is 2.00 bits per heavy atom. The number of benzene rings is 1. The lowest BCUT2D eigenvalue weighted by Crippen LogP contribution is -1.96. The van der Waals surface area contributed by atoms with E-state index in [0.717, 1.165) is 24.1 Å². The lowest BCUT2D eigenvalue weighted by atomic mass is 10.2. The van der Waals surface area contributed by atoms with Crippen molar-refractivity contribution in [3.8, 4) is 11.4 Å². The summed E-state index contributed by atoms with van der Waals surface area (Å²) in [6.07, 6.45) is 3.91. The van der Waals surface area contributed by atoms with Crippen LogP contribution in [0.2, 0.25) is 0 Å². The van der Waals surface area contributed by atoms with Crippen LogP contribution in [0.5, 0.6) is 0 Å². The molecule has 5 heteroatoms. The molecule has 0 amide bonds. The third kappa shape index (κ3) is 2.27. The highest BCUT2D eigenvalue weighted by atomic mass is 19.2. The molecule has 0 N–H and O–H groups in total. The van der Waals surface area contributed by atoms with Crippen LogP contribution >= 0.6 is 0 Å². The van der Waals surface area contributed by atoms with Crippen molar-refractivity contribution < 1.29 is 13.2 Å². The van der Waals surface area contributed by atoms with Crippen LogP contribution in [0.4, 0.5) is 13.2 Å². The Bertz CT molecular complexity index is 515. The summed E-state index contributed by atoms with van der Waals surface area (Å²) in [5.41, 5.74) is 1.03. The first-order chi connectivity index (χ1) is 8.11. The van der Waals surface area contributed by atoms with E-state index in [9.17, 15) is 13.2 Å². The second-order valence-corrected chi connectivity index (χ2v) is 3.52. The van der Waals surface area contributed by atoms with Crippen LogP contribution in [0, 0.1) is 17.5 Å². The second kappa shape index (κ2) is 4.53. The van der Waals surface area contributed by atoms with Gasteiger partial charge in [-0.25, -0.2) is 23.1 Å². The van der Waals surface area contributed by atoms with Gasteiger partial charge in [0.05, 0.1) is 0 Å². The van der Waals surface area contributed by atoms with E-state index < -0.39 is 17.5 Å². The molecule has 0 atom stereocenters. The number of rotatable bonds is 2.